The van der Waals surface area contributed by atoms with Crippen LogP contribution >= 0.6 is 27.7 Å². The lowest BCUT2D eigenvalue weighted by molar-refractivity contribution is -0.113. The number of halogens is 2. The number of amides is 1. The van der Waals surface area contributed by atoms with Crippen molar-refractivity contribution in [1.29, 1.82) is 0 Å². The van der Waals surface area contributed by atoms with Gasteiger partial charge in [-0.05, 0) is 49.2 Å². The number of benzene rings is 2. The second kappa shape index (κ2) is 10.1. The maximum atomic E-state index is 13.9. The maximum absolute atomic E-state index is 13.9. The molecule has 1 heterocycles. The Morgan fingerprint density at radius 1 is 1.27 bits per heavy atom. The number of aromatic nitrogens is 3. The van der Waals surface area contributed by atoms with E-state index >= 15 is 0 Å². The summed E-state index contributed by atoms with van der Waals surface area (Å²) in [6.45, 7) is 4.00. The summed E-state index contributed by atoms with van der Waals surface area (Å²) in [6.07, 6.45) is 0.664. The summed E-state index contributed by atoms with van der Waals surface area (Å²) in [6, 6.07) is 12.4. The number of nitrogens with zero attached hydrogens (tertiary/aromatic N) is 3. The van der Waals surface area contributed by atoms with Crippen LogP contribution in [0.5, 0.6) is 5.75 Å². The number of hydrogen-bond acceptors (Lipinski definition) is 5. The molecule has 3 rings (SSSR count). The zero-order chi connectivity index (χ0) is 21.7. The standard InChI is InChI=1S/C21H22BrFN4O2S/c1-4-14-5-8-16(9-6-14)29-13(2)20-25-26-21(27(20)3)30-12-19(28)24-18-10-7-15(22)11-17(18)23/h5-11,13H,4,12H2,1-3H3,(H,24,28)/t13-/m1/s1. The Kier molecular flexibility index (Phi) is 7.49. The van der Waals surface area contributed by atoms with E-state index in [0.717, 1.165) is 12.2 Å². The van der Waals surface area contributed by atoms with Crippen molar-refractivity contribution in [2.75, 3.05) is 11.1 Å². The third-order valence-corrected chi connectivity index (χ3v) is 5.93. The number of thioether (sulfide) groups is 1. The third-order valence-electron chi connectivity index (χ3n) is 4.41. The first kappa shape index (κ1) is 22.3. The van der Waals surface area contributed by atoms with E-state index in [2.05, 4.69) is 38.4 Å². The Labute approximate surface area is 187 Å². The van der Waals surface area contributed by atoms with Crippen LogP contribution in [-0.2, 0) is 18.3 Å². The molecule has 0 spiro atoms. The van der Waals surface area contributed by atoms with Crippen LogP contribution in [0.15, 0.2) is 52.1 Å². The largest absolute Gasteiger partial charge is 0.483 e. The Hall–Kier alpha value is -2.39. The third kappa shape index (κ3) is 5.60. The number of aryl methyl sites for hydroxylation is 1. The second-order valence-electron chi connectivity index (χ2n) is 6.62. The Bertz CT molecular complexity index is 1030. The van der Waals surface area contributed by atoms with E-state index in [4.69, 9.17) is 4.74 Å². The lowest BCUT2D eigenvalue weighted by Crippen LogP contribution is -2.15. The lowest BCUT2D eigenvalue weighted by Gasteiger charge is -2.14. The normalized spacial score (nSPS) is 11.9. The van der Waals surface area contributed by atoms with Crippen LogP contribution in [0.25, 0.3) is 0 Å². The van der Waals surface area contributed by atoms with Gasteiger partial charge >= 0.3 is 0 Å². The molecule has 9 heteroatoms. The van der Waals surface area contributed by atoms with Crippen molar-refractivity contribution in [2.45, 2.75) is 31.5 Å². The maximum Gasteiger partial charge on any atom is 0.234 e. The van der Waals surface area contributed by atoms with Gasteiger partial charge in [0.05, 0.1) is 11.4 Å². The molecule has 1 amide bonds. The minimum Gasteiger partial charge on any atom is -0.483 e. The second-order valence-corrected chi connectivity index (χ2v) is 8.48. The molecular formula is C21H22BrFN4O2S. The van der Waals surface area contributed by atoms with E-state index in [1.54, 1.807) is 10.6 Å². The van der Waals surface area contributed by atoms with E-state index in [9.17, 15) is 9.18 Å². The van der Waals surface area contributed by atoms with E-state index in [1.165, 1.54) is 29.5 Å². The molecule has 158 valence electrons. The summed E-state index contributed by atoms with van der Waals surface area (Å²) in [7, 11) is 1.82. The summed E-state index contributed by atoms with van der Waals surface area (Å²) >= 11 is 4.41. The van der Waals surface area contributed by atoms with Crippen LogP contribution < -0.4 is 10.1 Å². The first-order valence-corrected chi connectivity index (χ1v) is 11.2. The van der Waals surface area contributed by atoms with E-state index in [0.29, 0.717) is 15.5 Å². The van der Waals surface area contributed by atoms with Gasteiger partial charge in [-0.15, -0.1) is 10.2 Å². The van der Waals surface area contributed by atoms with Crippen molar-refractivity contribution in [2.24, 2.45) is 7.05 Å². The fraction of sp³-hybridized carbons (Fsp3) is 0.286. The van der Waals surface area contributed by atoms with Gasteiger partial charge in [0, 0.05) is 11.5 Å². The average Bonchev–Trinajstić information content (AvgIpc) is 3.09. The van der Waals surface area contributed by atoms with E-state index in [1.807, 2.05) is 38.2 Å². The summed E-state index contributed by atoms with van der Waals surface area (Å²) in [5, 5.41) is 11.5. The predicted molar refractivity (Wildman–Crippen MR) is 119 cm³/mol. The van der Waals surface area contributed by atoms with Crippen LogP contribution in [0.2, 0.25) is 0 Å². The SMILES string of the molecule is CCc1ccc(O[C@H](C)c2nnc(SCC(=O)Nc3ccc(Br)cc3F)n2C)cc1. The average molecular weight is 493 g/mol. The van der Waals surface area contributed by atoms with E-state index in [-0.39, 0.29) is 23.5 Å². The van der Waals surface area contributed by atoms with Crippen molar-refractivity contribution in [1.82, 2.24) is 14.8 Å². The summed E-state index contributed by atoms with van der Waals surface area (Å²) in [5.74, 6) is 0.659. The minimum absolute atomic E-state index is 0.0786. The van der Waals surface area contributed by atoms with Crippen molar-refractivity contribution in [3.8, 4) is 5.75 Å². The fourth-order valence-corrected chi connectivity index (χ4v) is 3.82. The molecule has 0 fully saturated rings. The summed E-state index contributed by atoms with van der Waals surface area (Å²) in [4.78, 5) is 12.2. The number of carbonyl (C=O) groups is 1. The Morgan fingerprint density at radius 2 is 2.00 bits per heavy atom. The molecule has 3 aromatic rings. The Morgan fingerprint density at radius 3 is 2.67 bits per heavy atom. The van der Waals surface area contributed by atoms with Crippen molar-refractivity contribution in [3.05, 3.63) is 64.1 Å². The molecule has 2 aromatic carbocycles. The molecular weight excluding hydrogens is 471 g/mol. The van der Waals surface area contributed by atoms with Crippen molar-refractivity contribution in [3.63, 3.8) is 0 Å². The molecule has 1 atom stereocenters. The van der Waals surface area contributed by atoms with Gasteiger partial charge in [0.2, 0.25) is 5.91 Å². The molecule has 6 nitrogen and oxygen atoms in total. The molecule has 30 heavy (non-hydrogen) atoms. The highest BCUT2D eigenvalue weighted by atomic mass is 79.9. The molecule has 0 unspecified atom stereocenters. The first-order valence-electron chi connectivity index (χ1n) is 9.40. The highest BCUT2D eigenvalue weighted by Crippen LogP contribution is 2.25. The molecule has 0 saturated carbocycles. The molecule has 1 aromatic heterocycles. The van der Waals surface area contributed by atoms with Crippen LogP contribution in [0.1, 0.15) is 31.3 Å². The molecule has 0 radical (unpaired) electrons. The minimum atomic E-state index is -0.499. The molecule has 0 aliphatic rings. The monoisotopic (exact) mass is 492 g/mol. The smallest absolute Gasteiger partial charge is 0.234 e. The topological polar surface area (TPSA) is 69.0 Å². The number of carbonyl (C=O) groups excluding carboxylic acids is 1. The van der Waals surface area contributed by atoms with E-state index < -0.39 is 5.82 Å². The highest BCUT2D eigenvalue weighted by Gasteiger charge is 2.18. The van der Waals surface area contributed by atoms with Crippen LogP contribution in [0.4, 0.5) is 10.1 Å². The van der Waals surface area contributed by atoms with Gasteiger partial charge in [-0.1, -0.05) is 46.7 Å². The number of ether oxygens (including phenoxy) is 1. The van der Waals surface area contributed by atoms with Crippen LogP contribution in [0, 0.1) is 5.82 Å². The van der Waals surface area contributed by atoms with Gasteiger partial charge < -0.3 is 14.6 Å². The van der Waals surface area contributed by atoms with Gasteiger partial charge in [-0.2, -0.15) is 0 Å². The van der Waals surface area contributed by atoms with Crippen LogP contribution in [-0.4, -0.2) is 26.4 Å². The molecule has 0 saturated heterocycles. The zero-order valence-corrected chi connectivity index (χ0v) is 19.3. The van der Waals surface area contributed by atoms with Crippen molar-refractivity contribution >= 4 is 39.3 Å². The highest BCUT2D eigenvalue weighted by molar-refractivity contribution is 9.10. The molecule has 0 bridgehead atoms. The van der Waals surface area contributed by atoms with Crippen LogP contribution in [0.3, 0.4) is 0 Å². The number of rotatable bonds is 8. The number of nitrogens with one attached hydrogen (secondary N) is 1. The first-order chi connectivity index (χ1) is 14.4. The molecule has 0 aliphatic heterocycles. The predicted octanol–water partition coefficient (Wildman–Crippen LogP) is 5.15. The van der Waals surface area contributed by atoms with Gasteiger partial charge in [-0.25, -0.2) is 4.39 Å². The van der Waals surface area contributed by atoms with Gasteiger partial charge in [0.15, 0.2) is 17.1 Å². The summed E-state index contributed by atoms with van der Waals surface area (Å²) in [5.41, 5.74) is 1.38. The lowest BCUT2D eigenvalue weighted by atomic mass is 10.2. The molecule has 1 N–H and O–H groups in total. The number of anilines is 1. The zero-order valence-electron chi connectivity index (χ0n) is 16.9. The van der Waals surface area contributed by atoms with Gasteiger partial charge in [0.1, 0.15) is 11.6 Å². The van der Waals surface area contributed by atoms with Crippen molar-refractivity contribution < 1.29 is 13.9 Å². The fourth-order valence-electron chi connectivity index (χ4n) is 2.77. The Balaban J connectivity index is 1.58. The van der Waals surface area contributed by atoms with Gasteiger partial charge in [-0.3, -0.25) is 4.79 Å². The number of hydrogen-bond donors (Lipinski definition) is 1. The van der Waals surface area contributed by atoms with Gasteiger partial charge in [0.25, 0.3) is 0 Å². The molecule has 0 aliphatic carbocycles. The summed E-state index contributed by atoms with van der Waals surface area (Å²) < 4.78 is 22.2. The quantitative estimate of drug-likeness (QED) is 0.440.